The molecule has 5 rings (SSSR count). The zero-order valence-corrected chi connectivity index (χ0v) is 24.8. The van der Waals surface area contributed by atoms with E-state index in [9.17, 15) is 18.0 Å². The number of ether oxygens (including phenoxy) is 1. The lowest BCUT2D eigenvalue weighted by molar-refractivity contribution is -0.134. The molecule has 2 N–H and O–H groups in total. The third-order valence-corrected chi connectivity index (χ3v) is 9.35. The van der Waals surface area contributed by atoms with E-state index in [2.05, 4.69) is 22.8 Å². The van der Waals surface area contributed by atoms with Gasteiger partial charge in [0.05, 0.1) is 13.4 Å². The minimum Gasteiger partial charge on any atom is -0.497 e. The smallest absolute Gasteiger partial charge is 0.251 e. The van der Waals surface area contributed by atoms with Gasteiger partial charge in [-0.3, -0.25) is 9.59 Å². The number of amides is 2. The number of carbonyl (C=O) groups excluding carboxylic acids is 2. The van der Waals surface area contributed by atoms with Crippen molar-refractivity contribution < 1.29 is 22.7 Å². The number of hydrogen-bond donors (Lipinski definition) is 2. The van der Waals surface area contributed by atoms with E-state index in [-0.39, 0.29) is 24.9 Å². The average Bonchev–Trinajstić information content (AvgIpc) is 3.80. The van der Waals surface area contributed by atoms with Gasteiger partial charge in [-0.25, -0.2) is 8.42 Å². The Balaban J connectivity index is 1.22. The van der Waals surface area contributed by atoms with Crippen LogP contribution in [0.2, 0.25) is 0 Å². The molecule has 3 atom stereocenters. The van der Waals surface area contributed by atoms with Crippen LogP contribution in [-0.2, 0) is 14.8 Å². The summed E-state index contributed by atoms with van der Waals surface area (Å²) < 4.78 is 30.5. The first-order valence-corrected chi connectivity index (χ1v) is 16.2. The van der Waals surface area contributed by atoms with Crippen molar-refractivity contribution in [1.29, 1.82) is 0 Å². The van der Waals surface area contributed by atoms with E-state index in [1.807, 2.05) is 54.6 Å². The standard InChI is InChI=1S/C32H38N4O5S/c1-41-27-14-12-25(13-15-27)28-22-30(28)33-17-16-29(32(38)35-18-20-36(21-19-35)42(2,39)40)34-31(37)26-10-8-24(9-11-26)23-6-4-3-5-7-23/h3-15,28-30,33H,16-22H2,1-2H3,(H,34,37)/t28-,29?,30+/m0/s1. The molecule has 9 nitrogen and oxygen atoms in total. The predicted molar refractivity (Wildman–Crippen MR) is 163 cm³/mol. The number of methoxy groups -OCH3 is 1. The first-order valence-electron chi connectivity index (χ1n) is 14.3. The number of rotatable bonds is 11. The molecule has 0 aromatic heterocycles. The highest BCUT2D eigenvalue weighted by molar-refractivity contribution is 7.88. The molecular formula is C32H38N4O5S. The molecule has 1 unspecified atom stereocenters. The van der Waals surface area contributed by atoms with Crippen molar-refractivity contribution in [2.75, 3.05) is 46.1 Å². The van der Waals surface area contributed by atoms with Crippen LogP contribution in [0.15, 0.2) is 78.9 Å². The molecule has 0 radical (unpaired) electrons. The zero-order chi connectivity index (χ0) is 29.7. The summed E-state index contributed by atoms with van der Waals surface area (Å²) in [7, 11) is -1.66. The van der Waals surface area contributed by atoms with Crippen molar-refractivity contribution in [2.45, 2.75) is 30.8 Å². The van der Waals surface area contributed by atoms with Gasteiger partial charge in [-0.1, -0.05) is 54.6 Å². The molecule has 2 fully saturated rings. The molecule has 222 valence electrons. The van der Waals surface area contributed by atoms with E-state index in [1.54, 1.807) is 24.1 Å². The van der Waals surface area contributed by atoms with E-state index in [4.69, 9.17) is 4.74 Å². The molecule has 0 bridgehead atoms. The van der Waals surface area contributed by atoms with Crippen molar-refractivity contribution in [1.82, 2.24) is 19.8 Å². The van der Waals surface area contributed by atoms with Crippen molar-refractivity contribution >= 4 is 21.8 Å². The predicted octanol–water partition coefficient (Wildman–Crippen LogP) is 3.10. The Hall–Kier alpha value is -3.73. The number of carbonyl (C=O) groups is 2. The Morgan fingerprint density at radius 3 is 2.17 bits per heavy atom. The monoisotopic (exact) mass is 590 g/mol. The van der Waals surface area contributed by atoms with Crippen LogP contribution in [-0.4, -0.2) is 87.6 Å². The first-order chi connectivity index (χ1) is 20.2. The summed E-state index contributed by atoms with van der Waals surface area (Å²) in [4.78, 5) is 28.5. The molecule has 1 aliphatic carbocycles. The quantitative estimate of drug-likeness (QED) is 0.356. The third-order valence-electron chi connectivity index (χ3n) is 8.05. The SMILES string of the molecule is COc1ccc([C@@H]2C[C@H]2NCCC(NC(=O)c2ccc(-c3ccccc3)cc2)C(=O)N2CCN(S(C)(=O)=O)CC2)cc1. The maximum atomic E-state index is 13.6. The van der Waals surface area contributed by atoms with Crippen molar-refractivity contribution in [3.8, 4) is 16.9 Å². The number of sulfonamides is 1. The van der Waals surface area contributed by atoms with Gasteiger partial charge in [0.15, 0.2) is 0 Å². The van der Waals surface area contributed by atoms with Crippen molar-refractivity contribution in [2.24, 2.45) is 0 Å². The molecule has 3 aromatic rings. The lowest BCUT2D eigenvalue weighted by atomic mass is 10.0. The van der Waals surface area contributed by atoms with E-state index in [0.29, 0.717) is 43.6 Å². The highest BCUT2D eigenvalue weighted by atomic mass is 32.2. The van der Waals surface area contributed by atoms with Crippen LogP contribution < -0.4 is 15.4 Å². The maximum absolute atomic E-state index is 13.6. The molecule has 2 amide bonds. The fraction of sp³-hybridized carbons (Fsp3) is 0.375. The van der Waals surface area contributed by atoms with Crippen LogP contribution >= 0.6 is 0 Å². The number of nitrogens with zero attached hydrogens (tertiary/aromatic N) is 2. The Labute approximate surface area is 247 Å². The summed E-state index contributed by atoms with van der Waals surface area (Å²) in [5.74, 6) is 0.729. The summed E-state index contributed by atoms with van der Waals surface area (Å²) in [6.45, 7) is 1.63. The molecule has 3 aromatic carbocycles. The Morgan fingerprint density at radius 2 is 1.55 bits per heavy atom. The number of nitrogens with one attached hydrogen (secondary N) is 2. The van der Waals surface area contributed by atoms with Gasteiger partial charge in [-0.15, -0.1) is 0 Å². The number of benzene rings is 3. The summed E-state index contributed by atoms with van der Waals surface area (Å²) in [5, 5.41) is 6.51. The summed E-state index contributed by atoms with van der Waals surface area (Å²) in [6, 6.07) is 24.9. The van der Waals surface area contributed by atoms with Crippen LogP contribution in [0.1, 0.15) is 34.7 Å². The second-order valence-corrected chi connectivity index (χ2v) is 12.9. The normalized spacial score (nSPS) is 19.6. The fourth-order valence-electron chi connectivity index (χ4n) is 5.46. The lowest BCUT2D eigenvalue weighted by Gasteiger charge is -2.35. The van der Waals surface area contributed by atoms with Gasteiger partial charge in [-0.05, 0) is 60.3 Å². The van der Waals surface area contributed by atoms with Crippen LogP contribution in [0.25, 0.3) is 11.1 Å². The Morgan fingerprint density at radius 1 is 0.905 bits per heavy atom. The van der Waals surface area contributed by atoms with Gasteiger partial charge in [-0.2, -0.15) is 4.31 Å². The van der Waals surface area contributed by atoms with Gasteiger partial charge in [0, 0.05) is 43.7 Å². The number of hydrogen-bond acceptors (Lipinski definition) is 6. The van der Waals surface area contributed by atoms with E-state index in [1.165, 1.54) is 16.1 Å². The molecule has 1 saturated heterocycles. The molecule has 1 saturated carbocycles. The minimum absolute atomic E-state index is 0.193. The van der Waals surface area contributed by atoms with E-state index < -0.39 is 16.1 Å². The van der Waals surface area contributed by atoms with Crippen LogP contribution in [0.5, 0.6) is 5.75 Å². The molecule has 10 heteroatoms. The lowest BCUT2D eigenvalue weighted by Crippen LogP contribution is -2.56. The maximum Gasteiger partial charge on any atom is 0.251 e. The zero-order valence-electron chi connectivity index (χ0n) is 24.0. The topological polar surface area (TPSA) is 108 Å². The second-order valence-electron chi connectivity index (χ2n) is 10.9. The summed E-state index contributed by atoms with van der Waals surface area (Å²) in [6.07, 6.45) is 2.61. The largest absolute Gasteiger partial charge is 0.497 e. The highest BCUT2D eigenvalue weighted by Crippen LogP contribution is 2.41. The van der Waals surface area contributed by atoms with Crippen molar-refractivity contribution in [3.05, 3.63) is 90.0 Å². The molecule has 0 spiro atoms. The van der Waals surface area contributed by atoms with Crippen LogP contribution in [0.3, 0.4) is 0 Å². The second kappa shape index (κ2) is 13.1. The van der Waals surface area contributed by atoms with Gasteiger partial charge >= 0.3 is 0 Å². The highest BCUT2D eigenvalue weighted by Gasteiger charge is 2.38. The van der Waals surface area contributed by atoms with Gasteiger partial charge in [0.1, 0.15) is 11.8 Å². The van der Waals surface area contributed by atoms with Gasteiger partial charge < -0.3 is 20.3 Å². The van der Waals surface area contributed by atoms with Crippen molar-refractivity contribution in [3.63, 3.8) is 0 Å². The first kappa shape index (κ1) is 29.8. The molecule has 1 aliphatic heterocycles. The van der Waals surface area contributed by atoms with Gasteiger partial charge in [0.2, 0.25) is 15.9 Å². The summed E-state index contributed by atoms with van der Waals surface area (Å²) >= 11 is 0. The number of piperazine rings is 1. The van der Waals surface area contributed by atoms with Gasteiger partial charge in [0.25, 0.3) is 5.91 Å². The molecule has 42 heavy (non-hydrogen) atoms. The van der Waals surface area contributed by atoms with E-state index >= 15 is 0 Å². The molecular weight excluding hydrogens is 552 g/mol. The van der Waals surface area contributed by atoms with E-state index in [0.717, 1.165) is 23.3 Å². The average molecular weight is 591 g/mol. The molecule has 2 aliphatic rings. The molecule has 1 heterocycles. The third kappa shape index (κ3) is 7.36. The van der Waals surface area contributed by atoms with Crippen LogP contribution in [0.4, 0.5) is 0 Å². The fourth-order valence-corrected chi connectivity index (χ4v) is 6.28. The Kier molecular flexibility index (Phi) is 9.25. The van der Waals surface area contributed by atoms with Crippen LogP contribution in [0, 0.1) is 0 Å². The summed E-state index contributed by atoms with van der Waals surface area (Å²) in [5.41, 5.74) is 3.79. The Bertz CT molecular complexity index is 1470. The minimum atomic E-state index is -3.31.